The second kappa shape index (κ2) is 13.7. The minimum Gasteiger partial charge on any atom is -0.384 e. The molecule has 4 aliphatic rings. The quantitative estimate of drug-likeness (QED) is 0.463. The molecule has 6 rings (SSSR count). The van der Waals surface area contributed by atoms with Crippen LogP contribution in [0.1, 0.15) is 73.0 Å². The highest BCUT2D eigenvalue weighted by Gasteiger charge is 2.48. The summed E-state index contributed by atoms with van der Waals surface area (Å²) in [5.41, 5.74) is -0.346. The summed E-state index contributed by atoms with van der Waals surface area (Å²) < 4.78 is 39.1. The molecule has 1 aromatic carbocycles. The lowest BCUT2D eigenvalue weighted by Crippen LogP contribution is -2.47. The van der Waals surface area contributed by atoms with Gasteiger partial charge in [0, 0.05) is 69.9 Å². The molecule has 0 spiro atoms. The Morgan fingerprint density at radius 2 is 1.67 bits per heavy atom. The molecule has 1 aliphatic carbocycles. The Kier molecular flexibility index (Phi) is 9.72. The molecule has 13 heteroatoms. The molecule has 3 saturated heterocycles. The van der Waals surface area contributed by atoms with Crippen LogP contribution in [-0.4, -0.2) is 107 Å². The Labute approximate surface area is 279 Å². The van der Waals surface area contributed by atoms with Gasteiger partial charge in [0.15, 0.2) is 0 Å². The van der Waals surface area contributed by atoms with Crippen LogP contribution in [0.15, 0.2) is 42.6 Å². The summed E-state index contributed by atoms with van der Waals surface area (Å²) in [5, 5.41) is 14.1. The van der Waals surface area contributed by atoms with E-state index in [1.807, 2.05) is 23.2 Å². The fraction of sp³-hybridized carbons (Fsp3) is 0.600. The number of carbonyl (C=O) groups is 3. The normalized spacial score (nSPS) is 26.8. The fourth-order valence-corrected chi connectivity index (χ4v) is 8.24. The number of rotatable bonds is 7. The number of halogens is 3. The van der Waals surface area contributed by atoms with Crippen LogP contribution in [0.2, 0.25) is 0 Å². The van der Waals surface area contributed by atoms with Gasteiger partial charge in [0.25, 0.3) is 5.91 Å². The van der Waals surface area contributed by atoms with Crippen molar-refractivity contribution in [3.05, 3.63) is 59.4 Å². The van der Waals surface area contributed by atoms with Crippen molar-refractivity contribution in [1.29, 1.82) is 0 Å². The minimum absolute atomic E-state index is 0.0315. The maximum atomic E-state index is 13.1. The Morgan fingerprint density at radius 1 is 0.958 bits per heavy atom. The molecular weight excluding hydrogens is 625 g/mol. The van der Waals surface area contributed by atoms with E-state index in [4.69, 9.17) is 4.98 Å². The number of nitrogens with one attached hydrogen (secondary N) is 1. The van der Waals surface area contributed by atoms with Crippen LogP contribution in [0.3, 0.4) is 0 Å². The lowest BCUT2D eigenvalue weighted by atomic mass is 9.79. The Hall–Kier alpha value is -3.71. The standard InChI is InChI=1S/C35H45F3N6O4/c1-41(2)33(47)23-10-16-42(17-11-23)27-6-7-30(39-21-27)34(48)14-8-26(9-15-34)43-18-12-29-28(43)13-19-44(29)31(45)22-40-32(46)24-4-3-5-25(20-24)35(36,37)38/h3-7,20-21,23,26,28-29,48H,8-19,22H2,1-2H3,(H,40,46)/t26-,28?,29?,34+. The summed E-state index contributed by atoms with van der Waals surface area (Å²) in [6.45, 7) is 2.75. The summed E-state index contributed by atoms with van der Waals surface area (Å²) >= 11 is 0. The molecule has 10 nitrogen and oxygen atoms in total. The first-order valence-electron chi connectivity index (χ1n) is 17.0. The van der Waals surface area contributed by atoms with E-state index in [0.29, 0.717) is 31.1 Å². The highest BCUT2D eigenvalue weighted by atomic mass is 19.4. The second-order valence-electron chi connectivity index (χ2n) is 14.0. The van der Waals surface area contributed by atoms with Gasteiger partial charge in [-0.15, -0.1) is 0 Å². The molecule has 3 amide bonds. The van der Waals surface area contributed by atoms with Gasteiger partial charge in [-0.1, -0.05) is 6.07 Å². The number of anilines is 1. The number of likely N-dealkylation sites (tertiary alicyclic amines) is 2. The number of aliphatic hydroxyl groups is 1. The number of nitrogens with zero attached hydrogens (tertiary/aromatic N) is 5. The zero-order valence-corrected chi connectivity index (χ0v) is 27.6. The second-order valence-corrected chi connectivity index (χ2v) is 14.0. The fourth-order valence-electron chi connectivity index (χ4n) is 8.24. The molecule has 0 bridgehead atoms. The summed E-state index contributed by atoms with van der Waals surface area (Å²) in [6, 6.07) is 8.67. The smallest absolute Gasteiger partial charge is 0.384 e. The van der Waals surface area contributed by atoms with Gasteiger partial charge < -0.3 is 25.1 Å². The van der Waals surface area contributed by atoms with Crippen molar-refractivity contribution in [2.24, 2.45) is 5.92 Å². The zero-order valence-electron chi connectivity index (χ0n) is 27.6. The average Bonchev–Trinajstić information content (AvgIpc) is 3.70. The maximum Gasteiger partial charge on any atom is 0.416 e. The molecule has 2 aromatic rings. The first-order valence-corrected chi connectivity index (χ1v) is 17.0. The van der Waals surface area contributed by atoms with Gasteiger partial charge in [-0.25, -0.2) is 0 Å². The third-order valence-corrected chi connectivity index (χ3v) is 10.9. The number of hydrogen-bond acceptors (Lipinski definition) is 7. The van der Waals surface area contributed by atoms with E-state index in [-0.39, 0.29) is 41.9 Å². The largest absolute Gasteiger partial charge is 0.416 e. The van der Waals surface area contributed by atoms with E-state index < -0.39 is 23.2 Å². The molecule has 48 heavy (non-hydrogen) atoms. The third kappa shape index (κ3) is 7.03. The monoisotopic (exact) mass is 670 g/mol. The van der Waals surface area contributed by atoms with Crippen LogP contribution in [0.4, 0.5) is 18.9 Å². The number of benzene rings is 1. The van der Waals surface area contributed by atoms with Crippen molar-refractivity contribution < 1.29 is 32.7 Å². The first-order chi connectivity index (χ1) is 22.8. The van der Waals surface area contributed by atoms with Crippen molar-refractivity contribution >= 4 is 23.4 Å². The number of alkyl halides is 3. The SMILES string of the molecule is CN(C)C(=O)C1CCN(c2ccc([C@]3(O)CC[C@@H](N4CCC5C4CCN5C(=O)CNC(=O)c4cccc(C(F)(F)F)c4)CC3)nc2)CC1. The van der Waals surface area contributed by atoms with Crippen LogP contribution in [0, 0.1) is 5.92 Å². The minimum atomic E-state index is -4.56. The van der Waals surface area contributed by atoms with Gasteiger partial charge in [0.05, 0.1) is 29.7 Å². The Morgan fingerprint density at radius 3 is 2.31 bits per heavy atom. The van der Waals surface area contributed by atoms with Gasteiger partial charge >= 0.3 is 6.18 Å². The van der Waals surface area contributed by atoms with Gasteiger partial charge in [0.2, 0.25) is 11.8 Å². The highest BCUT2D eigenvalue weighted by Crippen LogP contribution is 2.42. The van der Waals surface area contributed by atoms with E-state index >= 15 is 0 Å². The van der Waals surface area contributed by atoms with Crippen molar-refractivity contribution in [3.8, 4) is 0 Å². The topological polar surface area (TPSA) is 109 Å². The number of amides is 3. The molecule has 4 fully saturated rings. The number of piperidine rings is 1. The van der Waals surface area contributed by atoms with Gasteiger partial charge in [-0.2, -0.15) is 13.2 Å². The average molecular weight is 671 g/mol. The summed E-state index contributed by atoms with van der Waals surface area (Å²) in [4.78, 5) is 50.9. The van der Waals surface area contributed by atoms with Crippen LogP contribution in [-0.2, 0) is 21.4 Å². The molecule has 2 unspecified atom stereocenters. The summed E-state index contributed by atoms with van der Waals surface area (Å²) in [6.07, 6.45) is 3.38. The third-order valence-electron chi connectivity index (χ3n) is 10.9. The molecule has 0 radical (unpaired) electrons. The van der Waals surface area contributed by atoms with Gasteiger partial charge in [0.1, 0.15) is 5.60 Å². The molecule has 4 heterocycles. The van der Waals surface area contributed by atoms with E-state index in [0.717, 1.165) is 76.0 Å². The van der Waals surface area contributed by atoms with Crippen molar-refractivity contribution in [2.75, 3.05) is 51.7 Å². The van der Waals surface area contributed by atoms with Crippen LogP contribution < -0.4 is 10.2 Å². The molecular formula is C35H45F3N6O4. The van der Waals surface area contributed by atoms with E-state index in [9.17, 15) is 32.7 Å². The van der Waals surface area contributed by atoms with Crippen LogP contribution in [0.25, 0.3) is 0 Å². The lowest BCUT2D eigenvalue weighted by molar-refractivity contribution is -0.137. The Balaban J connectivity index is 0.980. The lowest BCUT2D eigenvalue weighted by Gasteiger charge is -2.41. The van der Waals surface area contributed by atoms with Crippen LogP contribution >= 0.6 is 0 Å². The van der Waals surface area contributed by atoms with Crippen LogP contribution in [0.5, 0.6) is 0 Å². The zero-order chi connectivity index (χ0) is 34.2. The highest BCUT2D eigenvalue weighted by molar-refractivity contribution is 5.96. The predicted octanol–water partition coefficient (Wildman–Crippen LogP) is 3.64. The van der Waals surface area contributed by atoms with Crippen molar-refractivity contribution in [3.63, 3.8) is 0 Å². The number of aromatic nitrogens is 1. The van der Waals surface area contributed by atoms with Crippen molar-refractivity contribution in [1.82, 2.24) is 25.0 Å². The number of hydrogen-bond donors (Lipinski definition) is 2. The Bertz CT molecular complexity index is 1490. The van der Waals surface area contributed by atoms with E-state index in [2.05, 4.69) is 15.1 Å². The number of pyridine rings is 1. The summed E-state index contributed by atoms with van der Waals surface area (Å²) in [7, 11) is 3.60. The van der Waals surface area contributed by atoms with Gasteiger partial charge in [-0.3, -0.25) is 24.3 Å². The first kappa shape index (κ1) is 34.2. The van der Waals surface area contributed by atoms with Crippen molar-refractivity contribution in [2.45, 2.75) is 81.3 Å². The number of carbonyl (C=O) groups excluding carboxylic acids is 3. The molecule has 260 valence electrons. The summed E-state index contributed by atoms with van der Waals surface area (Å²) in [5.74, 6) is -0.699. The maximum absolute atomic E-state index is 13.1. The molecule has 1 aromatic heterocycles. The van der Waals surface area contributed by atoms with E-state index in [1.165, 1.54) is 12.1 Å². The van der Waals surface area contributed by atoms with E-state index in [1.54, 1.807) is 19.0 Å². The number of fused-ring (bicyclic) bond motifs is 1. The molecule has 2 atom stereocenters. The molecule has 1 saturated carbocycles. The van der Waals surface area contributed by atoms with Gasteiger partial charge in [-0.05, 0) is 81.7 Å². The molecule has 3 aliphatic heterocycles. The molecule has 2 N–H and O–H groups in total. The predicted molar refractivity (Wildman–Crippen MR) is 173 cm³/mol.